The predicted molar refractivity (Wildman–Crippen MR) is 120 cm³/mol. The van der Waals surface area contributed by atoms with Crippen LogP contribution in [0.15, 0.2) is 57.7 Å². The molecule has 3 heterocycles. The maximum atomic E-state index is 13.2. The fraction of sp³-hybridized carbons (Fsp3) is 0.375. The number of amides is 2. The second-order valence-corrected chi connectivity index (χ2v) is 8.11. The van der Waals surface area contributed by atoms with Crippen LogP contribution >= 0.6 is 0 Å². The Kier molecular flexibility index (Phi) is 5.87. The second kappa shape index (κ2) is 9.11. The summed E-state index contributed by atoms with van der Waals surface area (Å²) in [7, 11) is 0. The van der Waals surface area contributed by atoms with Gasteiger partial charge < -0.3 is 23.7 Å². The summed E-state index contributed by atoms with van der Waals surface area (Å²) in [5.41, 5.74) is 1.89. The number of ether oxygens (including phenoxy) is 2. The molecule has 2 aliphatic rings. The molecule has 0 aliphatic carbocycles. The predicted octanol–water partition coefficient (Wildman–Crippen LogP) is 2.03. The van der Waals surface area contributed by atoms with E-state index < -0.39 is 11.9 Å². The van der Waals surface area contributed by atoms with Crippen molar-refractivity contribution >= 4 is 28.6 Å². The molecular formula is C24H25N3O6. The van der Waals surface area contributed by atoms with E-state index in [0.29, 0.717) is 61.8 Å². The van der Waals surface area contributed by atoms with Crippen molar-refractivity contribution in [3.8, 4) is 5.75 Å². The summed E-state index contributed by atoms with van der Waals surface area (Å²) < 4.78 is 18.1. The van der Waals surface area contributed by atoms with Crippen LogP contribution in [0.2, 0.25) is 0 Å². The molecule has 0 N–H and O–H groups in total. The molecule has 0 spiro atoms. The van der Waals surface area contributed by atoms with Crippen molar-refractivity contribution in [1.29, 1.82) is 0 Å². The summed E-state index contributed by atoms with van der Waals surface area (Å²) in [5.74, 6) is -0.175. The van der Waals surface area contributed by atoms with Gasteiger partial charge >= 0.3 is 5.76 Å². The molecule has 1 saturated heterocycles. The molecule has 172 valence electrons. The van der Waals surface area contributed by atoms with Gasteiger partial charge in [-0.2, -0.15) is 0 Å². The van der Waals surface area contributed by atoms with E-state index in [1.165, 1.54) is 0 Å². The highest BCUT2D eigenvalue weighted by molar-refractivity contribution is 5.97. The standard InChI is InChI=1S/C24H25N3O6/c28-22(10-5-11-26-17-6-1-4-9-20(17)33-24(26)30)27-16-21(23(29)25-12-14-31-15-13-25)32-19-8-3-2-7-18(19)27/h1-4,6-9,21H,5,10-16H2/t21-/m1/s1. The first kappa shape index (κ1) is 21.3. The van der Waals surface area contributed by atoms with Gasteiger partial charge in [-0.15, -0.1) is 0 Å². The van der Waals surface area contributed by atoms with E-state index in [0.717, 1.165) is 0 Å². The number of oxazole rings is 1. The number of morpholine rings is 1. The van der Waals surface area contributed by atoms with Crippen molar-refractivity contribution in [2.24, 2.45) is 0 Å². The molecule has 0 radical (unpaired) electrons. The van der Waals surface area contributed by atoms with Gasteiger partial charge in [-0.05, 0) is 30.7 Å². The number of aryl methyl sites for hydroxylation is 1. The van der Waals surface area contributed by atoms with E-state index in [9.17, 15) is 14.4 Å². The highest BCUT2D eigenvalue weighted by atomic mass is 16.5. The molecular weight excluding hydrogens is 426 g/mol. The van der Waals surface area contributed by atoms with Crippen LogP contribution in [0.1, 0.15) is 12.8 Å². The highest BCUT2D eigenvalue weighted by Gasteiger charge is 2.36. The summed E-state index contributed by atoms with van der Waals surface area (Å²) in [6, 6.07) is 14.5. The number of para-hydroxylation sites is 4. The van der Waals surface area contributed by atoms with Crippen LogP contribution in [0.25, 0.3) is 11.1 Å². The lowest BCUT2D eigenvalue weighted by molar-refractivity contribution is -0.142. The Morgan fingerprint density at radius 2 is 1.76 bits per heavy atom. The minimum absolute atomic E-state index is 0.119. The first-order valence-electron chi connectivity index (χ1n) is 11.1. The number of hydrogen-bond acceptors (Lipinski definition) is 6. The summed E-state index contributed by atoms with van der Waals surface area (Å²) in [6.07, 6.45) is -0.0785. The molecule has 1 atom stereocenters. The van der Waals surface area contributed by atoms with E-state index in [2.05, 4.69) is 0 Å². The fourth-order valence-corrected chi connectivity index (χ4v) is 4.34. The minimum Gasteiger partial charge on any atom is -0.476 e. The van der Waals surface area contributed by atoms with Crippen molar-refractivity contribution in [1.82, 2.24) is 9.47 Å². The van der Waals surface area contributed by atoms with E-state index in [4.69, 9.17) is 13.9 Å². The Morgan fingerprint density at radius 1 is 1.00 bits per heavy atom. The lowest BCUT2D eigenvalue weighted by Gasteiger charge is -2.37. The van der Waals surface area contributed by atoms with Crippen molar-refractivity contribution in [3.63, 3.8) is 0 Å². The lowest BCUT2D eigenvalue weighted by Crippen LogP contribution is -2.54. The summed E-state index contributed by atoms with van der Waals surface area (Å²) >= 11 is 0. The molecule has 1 fully saturated rings. The molecule has 0 saturated carbocycles. The molecule has 0 unspecified atom stereocenters. The third-order valence-corrected chi connectivity index (χ3v) is 6.02. The number of carbonyl (C=O) groups excluding carboxylic acids is 2. The zero-order valence-electron chi connectivity index (χ0n) is 18.1. The summed E-state index contributed by atoms with van der Waals surface area (Å²) in [4.78, 5) is 41.7. The average Bonchev–Trinajstić information content (AvgIpc) is 3.18. The van der Waals surface area contributed by atoms with Gasteiger partial charge in [-0.1, -0.05) is 24.3 Å². The number of aromatic nitrogens is 1. The van der Waals surface area contributed by atoms with Crippen LogP contribution in [0.5, 0.6) is 5.75 Å². The molecule has 2 aromatic carbocycles. The van der Waals surface area contributed by atoms with Crippen molar-refractivity contribution in [2.45, 2.75) is 25.5 Å². The normalized spacial score (nSPS) is 18.1. The first-order chi connectivity index (χ1) is 16.1. The molecule has 5 rings (SSSR count). The van der Waals surface area contributed by atoms with Crippen LogP contribution in [-0.2, 0) is 20.9 Å². The monoisotopic (exact) mass is 451 g/mol. The van der Waals surface area contributed by atoms with Crippen molar-refractivity contribution in [3.05, 3.63) is 59.1 Å². The summed E-state index contributed by atoms with van der Waals surface area (Å²) in [5, 5.41) is 0. The second-order valence-electron chi connectivity index (χ2n) is 8.11. The molecule has 33 heavy (non-hydrogen) atoms. The number of fused-ring (bicyclic) bond motifs is 2. The number of carbonyl (C=O) groups is 2. The third kappa shape index (κ3) is 4.23. The van der Waals surface area contributed by atoms with E-state index in [-0.39, 0.29) is 24.8 Å². The topological polar surface area (TPSA) is 94.2 Å². The molecule has 9 nitrogen and oxygen atoms in total. The van der Waals surface area contributed by atoms with Gasteiger partial charge in [0.1, 0.15) is 5.75 Å². The minimum atomic E-state index is -0.762. The quantitative estimate of drug-likeness (QED) is 0.589. The Hall–Kier alpha value is -3.59. The molecule has 2 aliphatic heterocycles. The average molecular weight is 451 g/mol. The Morgan fingerprint density at radius 3 is 2.61 bits per heavy atom. The van der Waals surface area contributed by atoms with E-state index in [1.807, 2.05) is 36.4 Å². The molecule has 1 aromatic heterocycles. The SMILES string of the molecule is O=C([C@H]1CN(C(=O)CCCn2c(=O)oc3ccccc32)c2ccccc2O1)N1CCOCC1. The van der Waals surface area contributed by atoms with Crippen LogP contribution in [-0.4, -0.2) is 60.2 Å². The van der Waals surface area contributed by atoms with Gasteiger partial charge in [0.15, 0.2) is 11.7 Å². The van der Waals surface area contributed by atoms with Gasteiger partial charge in [0.25, 0.3) is 5.91 Å². The van der Waals surface area contributed by atoms with Gasteiger partial charge in [-0.3, -0.25) is 14.2 Å². The van der Waals surface area contributed by atoms with Gasteiger partial charge in [0.2, 0.25) is 5.91 Å². The van der Waals surface area contributed by atoms with Crippen LogP contribution in [0, 0.1) is 0 Å². The molecule has 3 aromatic rings. The maximum absolute atomic E-state index is 13.2. The zero-order valence-corrected chi connectivity index (χ0v) is 18.1. The Balaban J connectivity index is 1.29. The fourth-order valence-electron chi connectivity index (χ4n) is 4.34. The number of hydrogen-bond donors (Lipinski definition) is 0. The van der Waals surface area contributed by atoms with Crippen molar-refractivity contribution in [2.75, 3.05) is 37.7 Å². The zero-order chi connectivity index (χ0) is 22.8. The maximum Gasteiger partial charge on any atom is 0.419 e. The largest absolute Gasteiger partial charge is 0.476 e. The van der Waals surface area contributed by atoms with E-state index >= 15 is 0 Å². The number of nitrogens with zero attached hydrogens (tertiary/aromatic N) is 3. The van der Waals surface area contributed by atoms with Crippen molar-refractivity contribution < 1.29 is 23.5 Å². The third-order valence-electron chi connectivity index (χ3n) is 6.02. The number of benzene rings is 2. The van der Waals surface area contributed by atoms with Crippen LogP contribution in [0.4, 0.5) is 5.69 Å². The lowest BCUT2D eigenvalue weighted by atomic mass is 10.1. The first-order valence-corrected chi connectivity index (χ1v) is 11.1. The molecule has 2 amide bonds. The van der Waals surface area contributed by atoms with Gasteiger partial charge in [0.05, 0.1) is 31.0 Å². The Bertz CT molecular complexity index is 1230. The smallest absolute Gasteiger partial charge is 0.419 e. The van der Waals surface area contributed by atoms with Crippen LogP contribution in [0.3, 0.4) is 0 Å². The van der Waals surface area contributed by atoms with Crippen LogP contribution < -0.4 is 15.4 Å². The number of rotatable bonds is 5. The molecule has 9 heteroatoms. The van der Waals surface area contributed by atoms with E-state index in [1.54, 1.807) is 26.5 Å². The van der Waals surface area contributed by atoms with Gasteiger partial charge in [-0.25, -0.2) is 4.79 Å². The molecule has 0 bridgehead atoms. The highest BCUT2D eigenvalue weighted by Crippen LogP contribution is 2.34. The Labute approximate surface area is 190 Å². The van der Waals surface area contributed by atoms with Gasteiger partial charge in [0, 0.05) is 26.1 Å². The summed E-state index contributed by atoms with van der Waals surface area (Å²) in [6.45, 7) is 2.55. The number of anilines is 1.